The highest BCUT2D eigenvalue weighted by molar-refractivity contribution is 7.90. The molecule has 4 rings (SSSR count). The molecule has 0 saturated carbocycles. The van der Waals surface area contributed by atoms with Gasteiger partial charge in [0.25, 0.3) is 10.0 Å². The van der Waals surface area contributed by atoms with Crippen molar-refractivity contribution < 1.29 is 27.1 Å². The third kappa shape index (κ3) is 9.53. The molecule has 0 radical (unpaired) electrons. The van der Waals surface area contributed by atoms with Crippen LogP contribution in [0.2, 0.25) is 15.1 Å². The van der Waals surface area contributed by atoms with E-state index in [1.54, 1.807) is 19.1 Å². The quantitative estimate of drug-likeness (QED) is 0.246. The standard InChI is InChI=1S/C15H18Cl2N2O3.C12H12ClN5O4S/c1-8(2)21-12-7-11(9(16)6-10(12)17)19-14(20)22-13(18-19)15(3,4)5;1-7-14-10(17-12(15-7)22-2)16-11(19)18-23(20,21)9-6-4-3-5-8(9)13/h6-8H,1-5H3;3-6H,1-2H3,(H2,14,15,16,17,18,19). The first-order valence-corrected chi connectivity index (χ1v) is 15.6. The van der Waals surface area contributed by atoms with Crippen molar-refractivity contribution >= 4 is 56.8 Å². The van der Waals surface area contributed by atoms with Crippen LogP contribution in [-0.4, -0.2) is 52.4 Å². The lowest BCUT2D eigenvalue weighted by atomic mass is 9.97. The highest BCUT2D eigenvalue weighted by Crippen LogP contribution is 2.33. The summed E-state index contributed by atoms with van der Waals surface area (Å²) in [5.41, 5.74) is -0.0217. The number of rotatable bonds is 7. The molecule has 18 heteroatoms. The molecule has 4 aromatic rings. The van der Waals surface area contributed by atoms with Crippen LogP contribution in [0.15, 0.2) is 50.5 Å². The summed E-state index contributed by atoms with van der Waals surface area (Å²) in [7, 11) is -2.78. The van der Waals surface area contributed by atoms with Crippen molar-refractivity contribution in [1.82, 2.24) is 29.5 Å². The van der Waals surface area contributed by atoms with Crippen LogP contribution in [0.5, 0.6) is 11.8 Å². The van der Waals surface area contributed by atoms with E-state index in [1.807, 2.05) is 39.3 Å². The number of halogens is 3. The van der Waals surface area contributed by atoms with Gasteiger partial charge < -0.3 is 13.9 Å². The fourth-order valence-corrected chi connectivity index (χ4v) is 5.27. The zero-order valence-corrected chi connectivity index (χ0v) is 28.3. The van der Waals surface area contributed by atoms with E-state index < -0.39 is 21.8 Å². The first kappa shape index (κ1) is 35.6. The van der Waals surface area contributed by atoms with E-state index >= 15 is 0 Å². The molecule has 0 bridgehead atoms. The normalized spacial score (nSPS) is 11.4. The lowest BCUT2D eigenvalue weighted by molar-refractivity contribution is 0.242. The Labute approximate surface area is 274 Å². The number of nitrogens with one attached hydrogen (secondary N) is 2. The van der Waals surface area contributed by atoms with Crippen LogP contribution >= 0.6 is 34.8 Å². The predicted octanol–water partition coefficient (Wildman–Crippen LogP) is 5.57. The highest BCUT2D eigenvalue weighted by Gasteiger charge is 2.25. The van der Waals surface area contributed by atoms with E-state index in [4.69, 9.17) is 48.7 Å². The fraction of sp³-hybridized carbons (Fsp3) is 0.333. The smallest absolute Gasteiger partial charge is 0.442 e. The van der Waals surface area contributed by atoms with Crippen LogP contribution in [0, 0.1) is 6.92 Å². The maximum Gasteiger partial charge on any atom is 0.442 e. The number of methoxy groups -OCH3 is 1. The first-order chi connectivity index (χ1) is 20.9. The molecule has 2 heterocycles. The molecule has 0 aliphatic heterocycles. The molecule has 242 valence electrons. The number of sulfonamides is 1. The SMILES string of the molecule is CC(C)Oc1cc(-n2nc(C(C)(C)C)oc2=O)c(Cl)cc1Cl.COc1nc(C)nc(NC(=O)NS(=O)(=O)c2ccccc2Cl)n1. The minimum Gasteiger partial charge on any atom is -0.489 e. The van der Waals surface area contributed by atoms with Crippen molar-refractivity contribution in [3.63, 3.8) is 0 Å². The Hall–Kier alpha value is -3.92. The summed E-state index contributed by atoms with van der Waals surface area (Å²) >= 11 is 18.1. The number of hydrogen-bond donors (Lipinski definition) is 2. The van der Waals surface area contributed by atoms with Crippen LogP contribution in [-0.2, 0) is 15.4 Å². The number of hydrogen-bond acceptors (Lipinski definition) is 11. The van der Waals surface area contributed by atoms with Crippen molar-refractivity contribution in [3.05, 3.63) is 73.7 Å². The van der Waals surface area contributed by atoms with Crippen LogP contribution in [0.3, 0.4) is 0 Å². The molecule has 0 aliphatic carbocycles. The number of benzene rings is 2. The molecule has 2 aromatic heterocycles. The Morgan fingerprint density at radius 1 is 1.02 bits per heavy atom. The monoisotopic (exact) mass is 701 g/mol. The summed E-state index contributed by atoms with van der Waals surface area (Å²) in [5, 5.41) is 7.06. The summed E-state index contributed by atoms with van der Waals surface area (Å²) in [6.07, 6.45) is -0.0642. The third-order valence-electron chi connectivity index (χ3n) is 5.27. The van der Waals surface area contributed by atoms with Gasteiger partial charge in [-0.3, -0.25) is 5.32 Å². The fourth-order valence-electron chi connectivity index (χ4n) is 3.33. The van der Waals surface area contributed by atoms with E-state index in [2.05, 4.69) is 25.4 Å². The van der Waals surface area contributed by atoms with Gasteiger partial charge in [0.15, 0.2) is 0 Å². The van der Waals surface area contributed by atoms with E-state index in [1.165, 1.54) is 31.4 Å². The minimum atomic E-state index is -4.13. The number of urea groups is 1. The second-order valence-corrected chi connectivity index (χ2v) is 13.3. The van der Waals surface area contributed by atoms with Gasteiger partial charge in [0.2, 0.25) is 11.8 Å². The number of carbonyl (C=O) groups excluding carboxylic acids is 1. The summed E-state index contributed by atoms with van der Waals surface area (Å²) in [6, 6.07) is 7.77. The first-order valence-electron chi connectivity index (χ1n) is 13.0. The lowest BCUT2D eigenvalue weighted by Gasteiger charge is -2.13. The lowest BCUT2D eigenvalue weighted by Crippen LogP contribution is -2.35. The molecule has 45 heavy (non-hydrogen) atoms. The van der Waals surface area contributed by atoms with Gasteiger partial charge in [0.05, 0.1) is 34.0 Å². The third-order valence-corrected chi connectivity index (χ3v) is 7.70. The Bertz CT molecular complexity index is 1860. The van der Waals surface area contributed by atoms with Crippen molar-refractivity contribution in [2.45, 2.75) is 58.0 Å². The van der Waals surface area contributed by atoms with Crippen molar-refractivity contribution in [2.75, 3.05) is 12.4 Å². The van der Waals surface area contributed by atoms with Gasteiger partial charge in [-0.15, -0.1) is 5.10 Å². The molecule has 2 amide bonds. The summed E-state index contributed by atoms with van der Waals surface area (Å²) in [6.45, 7) is 11.0. The summed E-state index contributed by atoms with van der Waals surface area (Å²) in [5.74, 6) is 0.296. The van der Waals surface area contributed by atoms with Crippen LogP contribution in [0.25, 0.3) is 5.69 Å². The number of amides is 2. The van der Waals surface area contributed by atoms with Gasteiger partial charge >= 0.3 is 17.8 Å². The predicted molar refractivity (Wildman–Crippen MR) is 168 cm³/mol. The molecule has 0 spiro atoms. The van der Waals surface area contributed by atoms with Gasteiger partial charge in [0, 0.05) is 11.5 Å². The topological polar surface area (TPSA) is 180 Å². The molecule has 2 N–H and O–H groups in total. The number of aryl methyl sites for hydroxylation is 1. The van der Waals surface area contributed by atoms with E-state index in [0.717, 1.165) is 4.68 Å². The largest absolute Gasteiger partial charge is 0.489 e. The molecule has 0 fully saturated rings. The summed E-state index contributed by atoms with van der Waals surface area (Å²) in [4.78, 5) is 35.1. The van der Waals surface area contributed by atoms with Gasteiger partial charge in [0.1, 0.15) is 16.5 Å². The number of anilines is 1. The van der Waals surface area contributed by atoms with Crippen LogP contribution < -0.4 is 25.3 Å². The Balaban J connectivity index is 0.000000246. The van der Waals surface area contributed by atoms with Gasteiger partial charge in [-0.25, -0.2) is 22.7 Å². The van der Waals surface area contributed by atoms with Gasteiger partial charge in [-0.2, -0.15) is 19.6 Å². The minimum absolute atomic E-state index is 0.00882. The van der Waals surface area contributed by atoms with Crippen molar-refractivity contribution in [3.8, 4) is 17.4 Å². The zero-order chi connectivity index (χ0) is 33.7. The average molecular weight is 703 g/mol. The maximum atomic E-state index is 12.1. The van der Waals surface area contributed by atoms with Crippen LogP contribution in [0.1, 0.15) is 46.3 Å². The second-order valence-electron chi connectivity index (χ2n) is 10.4. The van der Waals surface area contributed by atoms with Crippen LogP contribution in [0.4, 0.5) is 10.7 Å². The molecular formula is C27H30Cl3N7O7S. The van der Waals surface area contributed by atoms with Crippen molar-refractivity contribution in [2.24, 2.45) is 0 Å². The van der Waals surface area contributed by atoms with E-state index in [9.17, 15) is 18.0 Å². The molecule has 14 nitrogen and oxygen atoms in total. The Morgan fingerprint density at radius 2 is 1.69 bits per heavy atom. The molecule has 0 atom stereocenters. The molecule has 0 unspecified atom stereocenters. The Kier molecular flexibility index (Phi) is 11.4. The van der Waals surface area contributed by atoms with E-state index in [0.29, 0.717) is 28.2 Å². The molecule has 0 aliphatic rings. The van der Waals surface area contributed by atoms with Gasteiger partial charge in [-0.05, 0) is 39.0 Å². The summed E-state index contributed by atoms with van der Waals surface area (Å²) < 4.78 is 42.8. The van der Waals surface area contributed by atoms with Crippen molar-refractivity contribution in [1.29, 1.82) is 0 Å². The second kappa shape index (κ2) is 14.5. The maximum absolute atomic E-state index is 12.1. The molecular weight excluding hydrogens is 673 g/mol. The molecule has 0 saturated heterocycles. The van der Waals surface area contributed by atoms with Gasteiger partial charge in [-0.1, -0.05) is 67.7 Å². The number of carbonyl (C=O) groups is 1. The highest BCUT2D eigenvalue weighted by atomic mass is 35.5. The number of aromatic nitrogens is 5. The Morgan fingerprint density at radius 3 is 2.27 bits per heavy atom. The van der Waals surface area contributed by atoms with E-state index in [-0.39, 0.29) is 38.4 Å². The zero-order valence-electron chi connectivity index (χ0n) is 25.2. The number of ether oxygens (including phenoxy) is 2. The number of nitrogens with zero attached hydrogens (tertiary/aromatic N) is 5. The molecule has 2 aromatic carbocycles. The average Bonchev–Trinajstić information content (AvgIpc) is 3.31.